The summed E-state index contributed by atoms with van der Waals surface area (Å²) in [7, 11) is 0. The Morgan fingerprint density at radius 1 is 0.397 bits per heavy atom. The zero-order valence-corrected chi connectivity index (χ0v) is 32.5. The number of halogens is 4. The molecule has 2 heterocycles. The highest BCUT2D eigenvalue weighted by Gasteiger charge is 2.32. The molecular formula is C52H26F4N2O5. The zero-order chi connectivity index (χ0) is 42.5. The average molecular weight is 835 g/mol. The van der Waals surface area contributed by atoms with Gasteiger partial charge in [0.2, 0.25) is 0 Å². The SMILES string of the molecule is O=c1c2cc(Oc3ccccc3)c3c4c(Oc5ccccc5)ccc5ccc(Oc6ccccc6)c(c6c(Oc7ccccc7)cc(c2c36)c2nc3c(F)c(F)c(F)c(F)c3n12)c54. The van der Waals surface area contributed by atoms with Crippen LogP contribution >= 0.6 is 0 Å². The molecule has 0 aliphatic heterocycles. The van der Waals surface area contributed by atoms with Crippen LogP contribution in [0.25, 0.3) is 70.5 Å². The van der Waals surface area contributed by atoms with Gasteiger partial charge in [0, 0.05) is 43.1 Å². The fourth-order valence-electron chi connectivity index (χ4n) is 8.77. The zero-order valence-electron chi connectivity index (χ0n) is 32.5. The third kappa shape index (κ3) is 5.46. The number of para-hydroxylation sites is 4. The molecule has 0 spiro atoms. The first-order valence-electron chi connectivity index (χ1n) is 19.8. The fraction of sp³-hybridized carbons (Fsp3) is 0. The van der Waals surface area contributed by atoms with E-state index in [0.717, 1.165) is 9.79 Å². The molecule has 11 heteroatoms. The van der Waals surface area contributed by atoms with Crippen LogP contribution in [0, 0.1) is 23.3 Å². The van der Waals surface area contributed by atoms with Gasteiger partial charge in [-0.3, -0.25) is 9.20 Å². The number of rotatable bonds is 8. The van der Waals surface area contributed by atoms with Gasteiger partial charge in [-0.1, -0.05) is 84.9 Å². The first-order chi connectivity index (χ1) is 30.8. The van der Waals surface area contributed by atoms with Gasteiger partial charge >= 0.3 is 0 Å². The number of ether oxygens (including phenoxy) is 4. The number of nitrogens with zero attached hydrogens (tertiary/aromatic N) is 2. The lowest BCUT2D eigenvalue weighted by atomic mass is 9.85. The summed E-state index contributed by atoms with van der Waals surface area (Å²) in [5.41, 5.74) is -2.84. The van der Waals surface area contributed by atoms with Crippen LogP contribution in [-0.2, 0) is 0 Å². The second-order valence-corrected chi connectivity index (χ2v) is 15.0. The summed E-state index contributed by atoms with van der Waals surface area (Å²) in [5.74, 6) is -4.37. The molecule has 0 bridgehead atoms. The lowest BCUT2D eigenvalue weighted by molar-refractivity contribution is 0.416. The minimum Gasteiger partial charge on any atom is -0.457 e. The van der Waals surface area contributed by atoms with Crippen molar-refractivity contribution in [3.05, 3.63) is 191 Å². The molecule has 12 aromatic rings. The molecule has 302 valence electrons. The van der Waals surface area contributed by atoms with Crippen molar-refractivity contribution in [2.45, 2.75) is 0 Å². The van der Waals surface area contributed by atoms with E-state index in [1.54, 1.807) is 54.6 Å². The Balaban J connectivity index is 1.37. The van der Waals surface area contributed by atoms with Gasteiger partial charge < -0.3 is 18.9 Å². The molecule has 0 amide bonds. The van der Waals surface area contributed by atoms with Gasteiger partial charge in [-0.2, -0.15) is 0 Å². The third-order valence-electron chi connectivity index (χ3n) is 11.4. The largest absolute Gasteiger partial charge is 0.457 e. The second-order valence-electron chi connectivity index (χ2n) is 15.0. The number of imidazole rings is 1. The Hall–Kier alpha value is -8.44. The van der Waals surface area contributed by atoms with Crippen LogP contribution in [0.1, 0.15) is 0 Å². The Kier molecular flexibility index (Phi) is 7.97. The molecule has 10 aromatic carbocycles. The summed E-state index contributed by atoms with van der Waals surface area (Å²) in [4.78, 5) is 19.4. The minimum atomic E-state index is -2.07. The normalized spacial score (nSPS) is 11.9. The Bertz CT molecular complexity index is 3760. The lowest BCUT2D eigenvalue weighted by Crippen LogP contribution is -2.15. The van der Waals surface area contributed by atoms with Gasteiger partial charge in [0.1, 0.15) is 62.7 Å². The van der Waals surface area contributed by atoms with Crippen LogP contribution in [0.5, 0.6) is 46.0 Å². The Morgan fingerprint density at radius 2 is 0.810 bits per heavy atom. The number of fused-ring (bicyclic) bond motifs is 6. The van der Waals surface area contributed by atoms with Crippen molar-refractivity contribution < 1.29 is 36.5 Å². The molecule has 0 aliphatic rings. The van der Waals surface area contributed by atoms with E-state index in [1.165, 1.54) is 6.07 Å². The highest BCUT2D eigenvalue weighted by molar-refractivity contribution is 6.42. The molecule has 0 saturated heterocycles. The predicted molar refractivity (Wildman–Crippen MR) is 235 cm³/mol. The van der Waals surface area contributed by atoms with Crippen LogP contribution in [0.3, 0.4) is 0 Å². The van der Waals surface area contributed by atoms with Crippen LogP contribution in [0.4, 0.5) is 17.6 Å². The maximum Gasteiger partial charge on any atom is 0.265 e. The maximum absolute atomic E-state index is 15.9. The molecule has 63 heavy (non-hydrogen) atoms. The smallest absolute Gasteiger partial charge is 0.265 e. The second kappa shape index (κ2) is 13.8. The molecule has 0 aliphatic carbocycles. The minimum absolute atomic E-state index is 0.0128. The number of benzene rings is 10. The van der Waals surface area contributed by atoms with Gasteiger partial charge in [-0.15, -0.1) is 0 Å². The maximum atomic E-state index is 15.9. The third-order valence-corrected chi connectivity index (χ3v) is 11.4. The van der Waals surface area contributed by atoms with Gasteiger partial charge in [-0.05, 0) is 78.2 Å². The molecule has 0 unspecified atom stereocenters. The number of hydrogen-bond donors (Lipinski definition) is 0. The first-order valence-corrected chi connectivity index (χ1v) is 19.8. The van der Waals surface area contributed by atoms with E-state index in [9.17, 15) is 4.39 Å². The molecule has 0 fully saturated rings. The van der Waals surface area contributed by atoms with Crippen molar-refractivity contribution in [2.75, 3.05) is 0 Å². The molecule has 0 N–H and O–H groups in total. The predicted octanol–water partition coefficient (Wildman–Crippen LogP) is 14.2. The van der Waals surface area contributed by atoms with Crippen molar-refractivity contribution in [3.8, 4) is 46.0 Å². The number of pyridine rings is 1. The monoisotopic (exact) mass is 834 g/mol. The molecule has 12 rings (SSSR count). The molecule has 0 atom stereocenters. The summed E-state index contributed by atoms with van der Waals surface area (Å²) in [6.45, 7) is 0. The standard InChI is InChI=1S/C52H26F4N2O5/c53-45-46(54)48(56)50-49(47(45)55)57-51-32-25-36(62-30-17-9-3-10-18-30)42-40-34(60-28-13-5-1-6-14-28)23-21-27-22-24-35(61-29-15-7-2-8-16-29)41(38(27)40)43-37(63-31-19-11-4-12-20-31)26-33(39(32)44(42)43)52(59)58(50)51/h1-26H. The van der Waals surface area contributed by atoms with Crippen LogP contribution < -0.4 is 24.5 Å². The molecule has 7 nitrogen and oxygen atoms in total. The van der Waals surface area contributed by atoms with Crippen LogP contribution in [0.2, 0.25) is 0 Å². The van der Waals surface area contributed by atoms with Crippen molar-refractivity contribution in [1.29, 1.82) is 0 Å². The first kappa shape index (κ1) is 36.4. The summed E-state index contributed by atoms with van der Waals surface area (Å²) in [5, 5.41) is 4.64. The van der Waals surface area contributed by atoms with Crippen LogP contribution in [0.15, 0.2) is 163 Å². The topological polar surface area (TPSA) is 71.3 Å². The average Bonchev–Trinajstić information content (AvgIpc) is 3.73. The van der Waals surface area contributed by atoms with Crippen molar-refractivity contribution in [1.82, 2.24) is 9.38 Å². The number of hydrogen-bond acceptors (Lipinski definition) is 6. The molecule has 0 radical (unpaired) electrons. The Labute approximate surface area is 352 Å². The molecule has 2 aromatic heterocycles. The van der Waals surface area contributed by atoms with E-state index in [-0.39, 0.29) is 27.9 Å². The highest BCUT2D eigenvalue weighted by Crippen LogP contribution is 2.56. The number of aromatic nitrogens is 2. The summed E-state index contributed by atoms with van der Waals surface area (Å²) in [6, 6.07) is 47.2. The van der Waals surface area contributed by atoms with Crippen molar-refractivity contribution >= 4 is 70.5 Å². The van der Waals surface area contributed by atoms with E-state index in [2.05, 4.69) is 4.98 Å². The summed E-state index contributed by atoms with van der Waals surface area (Å²) >= 11 is 0. The Morgan fingerprint density at radius 3 is 1.29 bits per heavy atom. The van der Waals surface area contributed by atoms with Gasteiger partial charge in [0.05, 0.1) is 5.39 Å². The summed E-state index contributed by atoms with van der Waals surface area (Å²) < 4.78 is 89.2. The molecule has 0 saturated carbocycles. The van der Waals surface area contributed by atoms with Gasteiger partial charge in [0.15, 0.2) is 23.3 Å². The fourth-order valence-corrected chi connectivity index (χ4v) is 8.77. The van der Waals surface area contributed by atoms with E-state index >= 15 is 18.0 Å². The summed E-state index contributed by atoms with van der Waals surface area (Å²) in [6.07, 6.45) is 0. The molecular weight excluding hydrogens is 809 g/mol. The van der Waals surface area contributed by atoms with Gasteiger partial charge in [-0.25, -0.2) is 22.5 Å². The van der Waals surface area contributed by atoms with E-state index < -0.39 is 39.9 Å². The van der Waals surface area contributed by atoms with Crippen molar-refractivity contribution in [2.24, 2.45) is 0 Å². The van der Waals surface area contributed by atoms with Gasteiger partial charge in [0.25, 0.3) is 5.56 Å². The van der Waals surface area contributed by atoms with Crippen molar-refractivity contribution in [3.63, 3.8) is 0 Å². The van der Waals surface area contributed by atoms with E-state index in [0.29, 0.717) is 72.2 Å². The van der Waals surface area contributed by atoms with Crippen LogP contribution in [-0.4, -0.2) is 9.38 Å². The van der Waals surface area contributed by atoms with E-state index in [1.807, 2.05) is 97.1 Å². The highest BCUT2D eigenvalue weighted by atomic mass is 19.2. The van der Waals surface area contributed by atoms with E-state index in [4.69, 9.17) is 18.9 Å². The quantitative estimate of drug-likeness (QED) is 0.0499. The lowest BCUT2D eigenvalue weighted by Gasteiger charge is -2.24.